The van der Waals surface area contributed by atoms with Crippen LogP contribution in [0.15, 0.2) is 30.6 Å². The van der Waals surface area contributed by atoms with Crippen molar-refractivity contribution in [1.29, 1.82) is 0 Å². The topological polar surface area (TPSA) is 76.5 Å². The van der Waals surface area contributed by atoms with Gasteiger partial charge in [-0.15, -0.1) is 0 Å². The molecule has 2 atom stereocenters. The summed E-state index contributed by atoms with van der Waals surface area (Å²) < 4.78 is 20.9. The summed E-state index contributed by atoms with van der Waals surface area (Å²) >= 11 is 5.73. The number of rotatable bonds is 4. The maximum absolute atomic E-state index is 13.9. The summed E-state index contributed by atoms with van der Waals surface area (Å²) in [4.78, 5) is 26.1. The monoisotopic (exact) mass is 380 g/mol. The number of benzene rings is 1. The highest BCUT2D eigenvalue weighted by atomic mass is 35.5. The van der Waals surface area contributed by atoms with E-state index in [-0.39, 0.29) is 24.1 Å². The lowest BCUT2D eigenvalue weighted by molar-refractivity contribution is -0.162. The standard InChI is InChI=1S/C17H18ClFN4O3/c1-22-8-11(7-21-22)15-16(26-9-14(24)23(15)2)17(25)20-6-10-3-4-12(18)5-13(10)19/h3-5,7-8,15-16H,6,9H2,1-2H3,(H,20,25)/t15-,16+/m1/s1. The molecule has 1 aliphatic rings. The van der Waals surface area contributed by atoms with Gasteiger partial charge in [0.2, 0.25) is 5.91 Å². The van der Waals surface area contributed by atoms with Crippen LogP contribution < -0.4 is 5.32 Å². The zero-order chi connectivity index (χ0) is 18.8. The third-order valence-electron chi connectivity index (χ3n) is 4.28. The predicted octanol–water partition coefficient (Wildman–Crippen LogP) is 1.43. The summed E-state index contributed by atoms with van der Waals surface area (Å²) in [7, 11) is 3.36. The minimum atomic E-state index is -0.919. The summed E-state index contributed by atoms with van der Waals surface area (Å²) in [5, 5.41) is 7.03. The molecule has 2 amide bonds. The Bertz CT molecular complexity index is 841. The van der Waals surface area contributed by atoms with Crippen molar-refractivity contribution < 1.29 is 18.7 Å². The molecule has 138 valence electrons. The van der Waals surface area contributed by atoms with Gasteiger partial charge < -0.3 is 15.0 Å². The first kappa shape index (κ1) is 18.3. The number of carbonyl (C=O) groups excluding carboxylic acids is 2. The van der Waals surface area contributed by atoms with Crippen molar-refractivity contribution in [2.75, 3.05) is 13.7 Å². The van der Waals surface area contributed by atoms with Gasteiger partial charge >= 0.3 is 0 Å². The molecule has 1 aromatic heterocycles. The van der Waals surface area contributed by atoms with E-state index in [2.05, 4.69) is 10.4 Å². The molecule has 9 heteroatoms. The second kappa shape index (κ2) is 7.43. The van der Waals surface area contributed by atoms with Gasteiger partial charge in [0.15, 0.2) is 6.10 Å². The Morgan fingerprint density at radius 3 is 2.88 bits per heavy atom. The van der Waals surface area contributed by atoms with Gasteiger partial charge in [0.1, 0.15) is 12.4 Å². The molecule has 1 N–H and O–H groups in total. The average Bonchev–Trinajstić information content (AvgIpc) is 3.02. The molecule has 0 unspecified atom stereocenters. The van der Waals surface area contributed by atoms with Gasteiger partial charge in [-0.3, -0.25) is 14.3 Å². The van der Waals surface area contributed by atoms with Gasteiger partial charge in [0.05, 0.1) is 12.2 Å². The zero-order valence-electron chi connectivity index (χ0n) is 14.3. The number of halogens is 2. The van der Waals surface area contributed by atoms with Crippen molar-refractivity contribution in [3.63, 3.8) is 0 Å². The highest BCUT2D eigenvalue weighted by molar-refractivity contribution is 6.30. The van der Waals surface area contributed by atoms with E-state index in [9.17, 15) is 14.0 Å². The van der Waals surface area contributed by atoms with E-state index in [1.54, 1.807) is 37.2 Å². The van der Waals surface area contributed by atoms with Crippen LogP contribution in [0.2, 0.25) is 5.02 Å². The molecule has 2 heterocycles. The number of nitrogens with one attached hydrogen (secondary N) is 1. The van der Waals surface area contributed by atoms with Crippen LogP contribution in [0.3, 0.4) is 0 Å². The van der Waals surface area contributed by atoms with Crippen LogP contribution in [0.5, 0.6) is 0 Å². The highest BCUT2D eigenvalue weighted by Crippen LogP contribution is 2.29. The number of amides is 2. The molecular formula is C17H18ClFN4O3. The van der Waals surface area contributed by atoms with Crippen LogP contribution in [0.1, 0.15) is 17.2 Å². The number of aromatic nitrogens is 2. The quantitative estimate of drug-likeness (QED) is 0.870. The lowest BCUT2D eigenvalue weighted by Crippen LogP contribution is -2.52. The largest absolute Gasteiger partial charge is 0.356 e. The lowest BCUT2D eigenvalue weighted by Gasteiger charge is -2.37. The molecule has 3 rings (SSSR count). The van der Waals surface area contributed by atoms with Gasteiger partial charge in [0.25, 0.3) is 5.91 Å². The Labute approximate surface area is 154 Å². The van der Waals surface area contributed by atoms with E-state index in [1.807, 2.05) is 0 Å². The molecule has 1 aromatic carbocycles. The zero-order valence-corrected chi connectivity index (χ0v) is 15.0. The second-order valence-corrected chi connectivity index (χ2v) is 6.52. The fourth-order valence-electron chi connectivity index (χ4n) is 2.87. The van der Waals surface area contributed by atoms with Crippen molar-refractivity contribution in [3.8, 4) is 0 Å². The Morgan fingerprint density at radius 1 is 1.46 bits per heavy atom. The van der Waals surface area contributed by atoms with Crippen molar-refractivity contribution in [2.45, 2.75) is 18.7 Å². The molecule has 0 bridgehead atoms. The van der Waals surface area contributed by atoms with E-state index in [1.165, 1.54) is 17.0 Å². The number of ether oxygens (including phenoxy) is 1. The summed E-state index contributed by atoms with van der Waals surface area (Å²) in [5.41, 5.74) is 0.988. The number of carbonyl (C=O) groups is 2. The third kappa shape index (κ3) is 3.71. The Hall–Kier alpha value is -2.45. The molecule has 0 aliphatic carbocycles. The van der Waals surface area contributed by atoms with Crippen LogP contribution >= 0.6 is 11.6 Å². The summed E-state index contributed by atoms with van der Waals surface area (Å²) in [6, 6.07) is 3.63. The molecule has 2 aromatic rings. The van der Waals surface area contributed by atoms with E-state index >= 15 is 0 Å². The number of morpholine rings is 1. The maximum atomic E-state index is 13.9. The fourth-order valence-corrected chi connectivity index (χ4v) is 3.03. The normalized spacial score (nSPS) is 20.3. The highest BCUT2D eigenvalue weighted by Gasteiger charge is 2.40. The summed E-state index contributed by atoms with van der Waals surface area (Å²) in [6.45, 7) is -0.209. The first-order valence-electron chi connectivity index (χ1n) is 7.94. The van der Waals surface area contributed by atoms with Crippen molar-refractivity contribution in [3.05, 3.63) is 52.6 Å². The molecule has 0 radical (unpaired) electrons. The van der Waals surface area contributed by atoms with Crippen LogP contribution in [-0.2, 0) is 27.9 Å². The minimum absolute atomic E-state index is 0.0148. The lowest BCUT2D eigenvalue weighted by atomic mass is 10.0. The first-order valence-corrected chi connectivity index (χ1v) is 8.32. The molecule has 1 fully saturated rings. The predicted molar refractivity (Wildman–Crippen MR) is 91.7 cm³/mol. The van der Waals surface area contributed by atoms with Gasteiger partial charge in [0, 0.05) is 43.0 Å². The Kier molecular flexibility index (Phi) is 5.24. The number of likely N-dealkylation sites (N-methyl/N-ethyl adjacent to an activating group) is 1. The van der Waals surface area contributed by atoms with Crippen molar-refractivity contribution in [2.24, 2.45) is 7.05 Å². The maximum Gasteiger partial charge on any atom is 0.251 e. The van der Waals surface area contributed by atoms with E-state index in [0.29, 0.717) is 11.1 Å². The molecule has 0 spiro atoms. The minimum Gasteiger partial charge on any atom is -0.356 e. The summed E-state index contributed by atoms with van der Waals surface area (Å²) in [5.74, 6) is -1.17. The molecular weight excluding hydrogens is 363 g/mol. The van der Waals surface area contributed by atoms with Gasteiger partial charge in [-0.25, -0.2) is 4.39 Å². The number of hydrogen-bond acceptors (Lipinski definition) is 4. The SMILES string of the molecule is CN1C(=O)CO[C@H](C(=O)NCc2ccc(Cl)cc2F)[C@H]1c1cnn(C)c1. The van der Waals surface area contributed by atoms with E-state index < -0.39 is 23.9 Å². The van der Waals surface area contributed by atoms with Crippen LogP contribution in [0.25, 0.3) is 0 Å². The molecule has 0 saturated carbocycles. The van der Waals surface area contributed by atoms with Gasteiger partial charge in [-0.1, -0.05) is 17.7 Å². The van der Waals surface area contributed by atoms with Gasteiger partial charge in [-0.05, 0) is 12.1 Å². The molecule has 1 aliphatic heterocycles. The molecule has 7 nitrogen and oxygen atoms in total. The third-order valence-corrected chi connectivity index (χ3v) is 4.51. The molecule has 26 heavy (non-hydrogen) atoms. The van der Waals surface area contributed by atoms with Crippen LogP contribution in [0, 0.1) is 5.82 Å². The number of nitrogens with zero attached hydrogens (tertiary/aromatic N) is 3. The average molecular weight is 381 g/mol. The van der Waals surface area contributed by atoms with Crippen molar-refractivity contribution in [1.82, 2.24) is 20.0 Å². The second-order valence-electron chi connectivity index (χ2n) is 6.08. The Balaban J connectivity index is 1.76. The Morgan fingerprint density at radius 2 is 2.23 bits per heavy atom. The van der Waals surface area contributed by atoms with Crippen LogP contribution in [-0.4, -0.2) is 46.3 Å². The van der Waals surface area contributed by atoms with Crippen LogP contribution in [0.4, 0.5) is 4.39 Å². The van der Waals surface area contributed by atoms with Gasteiger partial charge in [-0.2, -0.15) is 5.10 Å². The van der Waals surface area contributed by atoms with E-state index in [4.69, 9.17) is 16.3 Å². The first-order chi connectivity index (χ1) is 12.4. The molecule has 1 saturated heterocycles. The summed E-state index contributed by atoms with van der Waals surface area (Å²) in [6.07, 6.45) is 2.39. The number of aryl methyl sites for hydroxylation is 1. The van der Waals surface area contributed by atoms with Crippen molar-refractivity contribution >= 4 is 23.4 Å². The smallest absolute Gasteiger partial charge is 0.251 e. The van der Waals surface area contributed by atoms with E-state index in [0.717, 1.165) is 0 Å². The number of hydrogen-bond donors (Lipinski definition) is 1. The fraction of sp³-hybridized carbons (Fsp3) is 0.353.